The second-order valence-electron chi connectivity index (χ2n) is 2.22. The molecule has 0 aromatic carbocycles. The minimum absolute atomic E-state index is 0.177. The SMILES string of the molecule is CCOC(=O)C1OCCC1=O. The Balaban J connectivity index is 2.46. The molecule has 0 aromatic heterocycles. The van der Waals surface area contributed by atoms with Gasteiger partial charge in [-0.1, -0.05) is 0 Å². The molecule has 0 bridgehead atoms. The summed E-state index contributed by atoms with van der Waals surface area (Å²) in [5.74, 6) is -0.738. The third-order valence-corrected chi connectivity index (χ3v) is 1.43. The molecule has 1 rings (SSSR count). The van der Waals surface area contributed by atoms with Crippen molar-refractivity contribution in [1.29, 1.82) is 0 Å². The van der Waals surface area contributed by atoms with Gasteiger partial charge in [0.1, 0.15) is 0 Å². The van der Waals surface area contributed by atoms with Crippen LogP contribution < -0.4 is 0 Å². The number of Topliss-reactive ketones (excluding diaryl/α,β-unsaturated/α-hetero) is 1. The van der Waals surface area contributed by atoms with Crippen molar-refractivity contribution in [2.75, 3.05) is 13.2 Å². The molecular formula is C7H10O4. The van der Waals surface area contributed by atoms with Gasteiger partial charge in [0.15, 0.2) is 5.78 Å². The van der Waals surface area contributed by atoms with Crippen LogP contribution in [0.2, 0.25) is 0 Å². The first-order chi connectivity index (χ1) is 5.25. The molecule has 0 amide bonds. The molecule has 1 unspecified atom stereocenters. The molecule has 1 saturated heterocycles. The molecule has 0 N–H and O–H groups in total. The predicted molar refractivity (Wildman–Crippen MR) is 36.0 cm³/mol. The van der Waals surface area contributed by atoms with Crippen LogP contribution >= 0.6 is 0 Å². The number of carbonyl (C=O) groups excluding carboxylic acids is 2. The van der Waals surface area contributed by atoms with E-state index < -0.39 is 12.1 Å². The first-order valence-electron chi connectivity index (χ1n) is 3.56. The Bertz CT molecular complexity index is 175. The molecule has 1 aliphatic rings. The standard InChI is InChI=1S/C7H10O4/c1-2-10-7(9)6-5(8)3-4-11-6/h6H,2-4H2,1H3. The highest BCUT2D eigenvalue weighted by Gasteiger charge is 2.33. The lowest BCUT2D eigenvalue weighted by molar-refractivity contribution is -0.156. The average molecular weight is 158 g/mol. The van der Waals surface area contributed by atoms with E-state index in [9.17, 15) is 9.59 Å². The lowest BCUT2D eigenvalue weighted by atomic mass is 10.2. The number of hydrogen-bond donors (Lipinski definition) is 0. The summed E-state index contributed by atoms with van der Waals surface area (Å²) in [5, 5.41) is 0. The largest absolute Gasteiger partial charge is 0.464 e. The third kappa shape index (κ3) is 1.77. The van der Waals surface area contributed by atoms with E-state index in [-0.39, 0.29) is 12.4 Å². The lowest BCUT2D eigenvalue weighted by Gasteiger charge is -2.05. The van der Waals surface area contributed by atoms with Gasteiger partial charge in [0.25, 0.3) is 0 Å². The number of carbonyl (C=O) groups is 2. The van der Waals surface area contributed by atoms with Crippen LogP contribution in [-0.4, -0.2) is 31.1 Å². The maximum absolute atomic E-state index is 10.9. The summed E-state index contributed by atoms with van der Waals surface area (Å²) >= 11 is 0. The lowest BCUT2D eigenvalue weighted by Crippen LogP contribution is -2.28. The van der Waals surface area contributed by atoms with Crippen LogP contribution in [0.25, 0.3) is 0 Å². The van der Waals surface area contributed by atoms with Crippen molar-refractivity contribution in [2.24, 2.45) is 0 Å². The fraction of sp³-hybridized carbons (Fsp3) is 0.714. The molecule has 0 aromatic rings. The Kier molecular flexibility index (Phi) is 2.59. The summed E-state index contributed by atoms with van der Waals surface area (Å²) < 4.78 is 9.47. The summed E-state index contributed by atoms with van der Waals surface area (Å²) in [6, 6.07) is 0. The second kappa shape index (κ2) is 3.48. The number of hydrogen-bond acceptors (Lipinski definition) is 4. The average Bonchev–Trinajstić information content (AvgIpc) is 2.36. The first-order valence-corrected chi connectivity index (χ1v) is 3.56. The van der Waals surface area contributed by atoms with E-state index in [4.69, 9.17) is 4.74 Å². The van der Waals surface area contributed by atoms with Crippen molar-refractivity contribution in [2.45, 2.75) is 19.4 Å². The Morgan fingerprint density at radius 2 is 2.55 bits per heavy atom. The van der Waals surface area contributed by atoms with Gasteiger partial charge >= 0.3 is 5.97 Å². The van der Waals surface area contributed by atoms with Crippen molar-refractivity contribution in [3.8, 4) is 0 Å². The smallest absolute Gasteiger partial charge is 0.343 e. The van der Waals surface area contributed by atoms with Crippen molar-refractivity contribution < 1.29 is 19.1 Å². The summed E-state index contributed by atoms with van der Waals surface area (Å²) in [5.41, 5.74) is 0. The molecule has 1 aliphatic heterocycles. The molecule has 11 heavy (non-hydrogen) atoms. The highest BCUT2D eigenvalue weighted by molar-refractivity contribution is 6.03. The molecule has 0 radical (unpaired) electrons. The Morgan fingerprint density at radius 3 is 3.00 bits per heavy atom. The van der Waals surface area contributed by atoms with Gasteiger partial charge in [-0.15, -0.1) is 0 Å². The monoisotopic (exact) mass is 158 g/mol. The Morgan fingerprint density at radius 1 is 1.82 bits per heavy atom. The predicted octanol–water partition coefficient (Wildman–Crippen LogP) is -0.0925. The van der Waals surface area contributed by atoms with Crippen molar-refractivity contribution in [3.05, 3.63) is 0 Å². The van der Waals surface area contributed by atoms with Crippen LogP contribution in [0.1, 0.15) is 13.3 Å². The van der Waals surface area contributed by atoms with Crippen molar-refractivity contribution in [1.82, 2.24) is 0 Å². The highest BCUT2D eigenvalue weighted by atomic mass is 16.6. The summed E-state index contributed by atoms with van der Waals surface area (Å²) in [6.45, 7) is 2.31. The van der Waals surface area contributed by atoms with E-state index in [0.29, 0.717) is 13.0 Å². The van der Waals surface area contributed by atoms with Crippen molar-refractivity contribution in [3.63, 3.8) is 0 Å². The van der Waals surface area contributed by atoms with Gasteiger partial charge in [0.05, 0.1) is 13.2 Å². The van der Waals surface area contributed by atoms with Gasteiger partial charge in [-0.2, -0.15) is 0 Å². The Hall–Kier alpha value is -0.900. The number of ketones is 1. The van der Waals surface area contributed by atoms with Crippen LogP contribution in [-0.2, 0) is 19.1 Å². The molecule has 62 valence electrons. The molecule has 0 spiro atoms. The van der Waals surface area contributed by atoms with E-state index in [1.807, 2.05) is 0 Å². The quantitative estimate of drug-likeness (QED) is 0.416. The normalized spacial score (nSPS) is 23.7. The van der Waals surface area contributed by atoms with Gasteiger partial charge < -0.3 is 9.47 Å². The maximum atomic E-state index is 10.9. The van der Waals surface area contributed by atoms with Gasteiger partial charge in [-0.3, -0.25) is 4.79 Å². The third-order valence-electron chi connectivity index (χ3n) is 1.43. The van der Waals surface area contributed by atoms with Gasteiger partial charge in [-0.05, 0) is 6.92 Å². The zero-order chi connectivity index (χ0) is 8.27. The highest BCUT2D eigenvalue weighted by Crippen LogP contribution is 2.09. The van der Waals surface area contributed by atoms with E-state index in [1.54, 1.807) is 6.92 Å². The molecular weight excluding hydrogens is 148 g/mol. The van der Waals surface area contributed by atoms with Crippen LogP contribution in [0.3, 0.4) is 0 Å². The van der Waals surface area contributed by atoms with E-state index in [0.717, 1.165) is 0 Å². The van der Waals surface area contributed by atoms with Crippen LogP contribution in [0.5, 0.6) is 0 Å². The van der Waals surface area contributed by atoms with Crippen LogP contribution in [0, 0.1) is 0 Å². The maximum Gasteiger partial charge on any atom is 0.343 e. The van der Waals surface area contributed by atoms with Crippen LogP contribution in [0.4, 0.5) is 0 Å². The summed E-state index contributed by atoms with van der Waals surface area (Å²) in [6.07, 6.45) is -0.626. The minimum atomic E-state index is -0.949. The van der Waals surface area contributed by atoms with Gasteiger partial charge in [0, 0.05) is 6.42 Å². The number of rotatable bonds is 2. The molecule has 4 nitrogen and oxygen atoms in total. The van der Waals surface area contributed by atoms with Crippen LogP contribution in [0.15, 0.2) is 0 Å². The second-order valence-corrected chi connectivity index (χ2v) is 2.22. The number of ether oxygens (including phenoxy) is 2. The van der Waals surface area contributed by atoms with E-state index in [2.05, 4.69) is 4.74 Å². The fourth-order valence-electron chi connectivity index (χ4n) is 0.919. The number of esters is 1. The first kappa shape index (κ1) is 8.20. The molecule has 0 saturated carbocycles. The minimum Gasteiger partial charge on any atom is -0.464 e. The molecule has 1 fully saturated rings. The van der Waals surface area contributed by atoms with Gasteiger partial charge in [-0.25, -0.2) is 4.79 Å². The Labute approximate surface area is 64.5 Å². The topological polar surface area (TPSA) is 52.6 Å². The molecule has 0 aliphatic carbocycles. The zero-order valence-electron chi connectivity index (χ0n) is 6.33. The fourth-order valence-corrected chi connectivity index (χ4v) is 0.919. The van der Waals surface area contributed by atoms with Crippen molar-refractivity contribution >= 4 is 11.8 Å². The molecule has 4 heteroatoms. The molecule has 1 atom stereocenters. The van der Waals surface area contributed by atoms with E-state index in [1.165, 1.54) is 0 Å². The van der Waals surface area contributed by atoms with Gasteiger partial charge in [0.2, 0.25) is 6.10 Å². The summed E-state index contributed by atoms with van der Waals surface area (Å²) in [4.78, 5) is 21.8. The van der Waals surface area contributed by atoms with E-state index >= 15 is 0 Å². The molecule has 1 heterocycles. The zero-order valence-corrected chi connectivity index (χ0v) is 6.33. The summed E-state index contributed by atoms with van der Waals surface area (Å²) in [7, 11) is 0.